The molecule has 0 saturated heterocycles. The Morgan fingerprint density at radius 2 is 1.28 bits per heavy atom. The minimum atomic E-state index is 0. The molecule has 133 valence electrons. The van der Waals surface area contributed by atoms with E-state index in [0.29, 0.717) is 11.8 Å². The molecule has 1 unspecified atom stereocenters. The average Bonchev–Trinajstić information content (AvgIpc) is 2.46. The van der Waals surface area contributed by atoms with Gasteiger partial charge in [0, 0.05) is 32.7 Å². The zero-order valence-electron chi connectivity index (χ0n) is 16.8. The fourth-order valence-electron chi connectivity index (χ4n) is 4.77. The SMILES string of the molecule is CC(C)CC(C)(C)C(c1ccccc1)C(C)(C)[CH-]c1ccccc1.[Y]. The van der Waals surface area contributed by atoms with Crippen molar-refractivity contribution in [3.8, 4) is 0 Å². The molecule has 1 atom stereocenters. The summed E-state index contributed by atoms with van der Waals surface area (Å²) < 4.78 is 0. The Bertz CT molecular complexity index is 611. The van der Waals surface area contributed by atoms with Gasteiger partial charge in [0.05, 0.1) is 0 Å². The fraction of sp³-hybridized carbons (Fsp3) is 0.458. The van der Waals surface area contributed by atoms with E-state index in [-0.39, 0.29) is 43.5 Å². The van der Waals surface area contributed by atoms with Crippen LogP contribution in [0.25, 0.3) is 0 Å². The normalized spacial score (nSPS) is 13.2. The molecule has 0 aliphatic carbocycles. The second-order valence-electron chi connectivity index (χ2n) is 8.81. The molecule has 0 nitrogen and oxygen atoms in total. The van der Waals surface area contributed by atoms with Gasteiger partial charge in [-0.1, -0.05) is 83.4 Å². The van der Waals surface area contributed by atoms with Crippen LogP contribution in [-0.4, -0.2) is 0 Å². The molecular formula is C24H33Y-. The van der Waals surface area contributed by atoms with Crippen molar-refractivity contribution in [2.45, 2.75) is 53.9 Å². The summed E-state index contributed by atoms with van der Waals surface area (Å²) >= 11 is 0. The minimum absolute atomic E-state index is 0. The first-order valence-electron chi connectivity index (χ1n) is 9.18. The summed E-state index contributed by atoms with van der Waals surface area (Å²) in [6, 6.07) is 21.8. The van der Waals surface area contributed by atoms with Crippen LogP contribution in [0.1, 0.15) is 65.0 Å². The van der Waals surface area contributed by atoms with Crippen LogP contribution in [0, 0.1) is 23.2 Å². The Morgan fingerprint density at radius 3 is 1.76 bits per heavy atom. The molecule has 0 saturated carbocycles. The van der Waals surface area contributed by atoms with Gasteiger partial charge < -0.3 is 0 Å². The van der Waals surface area contributed by atoms with Crippen LogP contribution < -0.4 is 0 Å². The molecule has 2 aromatic carbocycles. The van der Waals surface area contributed by atoms with Gasteiger partial charge in [0.25, 0.3) is 0 Å². The Labute approximate surface area is 180 Å². The molecule has 0 aliphatic heterocycles. The van der Waals surface area contributed by atoms with Crippen molar-refractivity contribution in [1.82, 2.24) is 0 Å². The van der Waals surface area contributed by atoms with Gasteiger partial charge in [0.1, 0.15) is 0 Å². The molecule has 0 heterocycles. The van der Waals surface area contributed by atoms with Gasteiger partial charge in [-0.25, -0.2) is 0 Å². The van der Waals surface area contributed by atoms with Crippen molar-refractivity contribution in [1.29, 1.82) is 0 Å². The summed E-state index contributed by atoms with van der Waals surface area (Å²) in [4.78, 5) is 0. The van der Waals surface area contributed by atoms with Crippen molar-refractivity contribution in [3.63, 3.8) is 0 Å². The topological polar surface area (TPSA) is 0 Å². The first-order valence-corrected chi connectivity index (χ1v) is 9.18. The van der Waals surface area contributed by atoms with Crippen LogP contribution in [0.4, 0.5) is 0 Å². The van der Waals surface area contributed by atoms with Crippen molar-refractivity contribution in [2.24, 2.45) is 16.7 Å². The third kappa shape index (κ3) is 6.26. The summed E-state index contributed by atoms with van der Waals surface area (Å²) in [7, 11) is 0. The smallest absolute Gasteiger partial charge is 0 e. The second-order valence-corrected chi connectivity index (χ2v) is 8.81. The molecular weight excluding hydrogens is 377 g/mol. The largest absolute Gasteiger partial charge is 0.191 e. The van der Waals surface area contributed by atoms with E-state index in [2.05, 4.69) is 109 Å². The predicted molar refractivity (Wildman–Crippen MR) is 106 cm³/mol. The number of rotatable bonds is 7. The molecule has 0 bridgehead atoms. The van der Waals surface area contributed by atoms with Crippen LogP contribution in [0.3, 0.4) is 0 Å². The molecule has 0 N–H and O–H groups in total. The van der Waals surface area contributed by atoms with E-state index in [1.807, 2.05) is 0 Å². The zero-order valence-corrected chi connectivity index (χ0v) is 19.6. The molecule has 0 spiro atoms. The molecule has 25 heavy (non-hydrogen) atoms. The summed E-state index contributed by atoms with van der Waals surface area (Å²) in [5, 5.41) is 0. The van der Waals surface area contributed by atoms with Crippen molar-refractivity contribution in [2.75, 3.05) is 0 Å². The molecule has 1 heteroatoms. The Morgan fingerprint density at radius 1 is 0.800 bits per heavy atom. The molecule has 0 aromatic heterocycles. The summed E-state index contributed by atoms with van der Waals surface area (Å²) in [5.74, 6) is 1.16. The van der Waals surface area contributed by atoms with E-state index in [1.165, 1.54) is 17.5 Å². The van der Waals surface area contributed by atoms with Gasteiger partial charge in [0.2, 0.25) is 0 Å². The molecule has 2 aromatic rings. The Hall–Kier alpha value is -0.586. The maximum absolute atomic E-state index is 2.45. The monoisotopic (exact) mass is 410 g/mol. The molecule has 0 fully saturated rings. The third-order valence-corrected chi connectivity index (χ3v) is 4.93. The third-order valence-electron chi connectivity index (χ3n) is 4.93. The van der Waals surface area contributed by atoms with E-state index in [9.17, 15) is 0 Å². The van der Waals surface area contributed by atoms with Gasteiger partial charge in [-0.15, -0.1) is 12.1 Å². The van der Waals surface area contributed by atoms with Gasteiger partial charge in [-0.05, 0) is 29.2 Å². The number of hydrogen-bond donors (Lipinski definition) is 0. The van der Waals surface area contributed by atoms with Gasteiger partial charge >= 0.3 is 0 Å². The van der Waals surface area contributed by atoms with Crippen molar-refractivity contribution >= 4 is 0 Å². The zero-order chi connectivity index (χ0) is 17.8. The first kappa shape index (κ1) is 22.5. The number of hydrogen-bond acceptors (Lipinski definition) is 0. The maximum Gasteiger partial charge on any atom is 0 e. The van der Waals surface area contributed by atoms with Crippen LogP contribution in [-0.2, 0) is 32.7 Å². The van der Waals surface area contributed by atoms with Crippen molar-refractivity contribution < 1.29 is 32.7 Å². The standard InChI is InChI=1S/C24H33.Y/c1-19(2)17-23(3,4)22(21-15-11-8-12-16-21)24(5,6)18-20-13-9-7-10-14-20;/h7-16,18-19,22H,17H2,1-6H3;/q-1;. The van der Waals surface area contributed by atoms with Crippen molar-refractivity contribution in [3.05, 3.63) is 78.2 Å². The van der Waals surface area contributed by atoms with Crippen LogP contribution in [0.2, 0.25) is 0 Å². The van der Waals surface area contributed by atoms with Crippen LogP contribution >= 0.6 is 0 Å². The summed E-state index contributed by atoms with van der Waals surface area (Å²) in [5.41, 5.74) is 3.05. The van der Waals surface area contributed by atoms with Crippen LogP contribution in [0.5, 0.6) is 0 Å². The van der Waals surface area contributed by atoms with E-state index >= 15 is 0 Å². The predicted octanol–water partition coefficient (Wildman–Crippen LogP) is 7.12. The van der Waals surface area contributed by atoms with E-state index in [4.69, 9.17) is 0 Å². The van der Waals surface area contributed by atoms with Gasteiger partial charge in [0.15, 0.2) is 0 Å². The molecule has 0 aliphatic rings. The van der Waals surface area contributed by atoms with Gasteiger partial charge in [-0.2, -0.15) is 24.1 Å². The average molecular weight is 410 g/mol. The molecule has 0 amide bonds. The first-order chi connectivity index (χ1) is 11.2. The second kappa shape index (κ2) is 9.38. The van der Waals surface area contributed by atoms with E-state index in [1.54, 1.807) is 0 Å². The maximum atomic E-state index is 2.45. The summed E-state index contributed by atoms with van der Waals surface area (Å²) in [6.07, 6.45) is 3.67. The van der Waals surface area contributed by atoms with Gasteiger partial charge in [-0.3, -0.25) is 0 Å². The quantitative estimate of drug-likeness (QED) is 0.426. The van der Waals surface area contributed by atoms with E-state index in [0.717, 1.165) is 0 Å². The van der Waals surface area contributed by atoms with E-state index < -0.39 is 0 Å². The van der Waals surface area contributed by atoms with Crippen LogP contribution in [0.15, 0.2) is 60.7 Å². The number of benzene rings is 2. The molecule has 1 radical (unpaired) electrons. The Balaban J connectivity index is 0.00000312. The Kier molecular flexibility index (Phi) is 8.42. The molecule has 2 rings (SSSR count). The minimum Gasteiger partial charge on any atom is -0.191 e. The summed E-state index contributed by atoms with van der Waals surface area (Å²) in [6.45, 7) is 14.3. The fourth-order valence-corrected chi connectivity index (χ4v) is 4.77.